The van der Waals surface area contributed by atoms with E-state index in [-0.39, 0.29) is 11.8 Å². The van der Waals surface area contributed by atoms with Crippen LogP contribution in [0.1, 0.15) is 20.8 Å². The van der Waals surface area contributed by atoms with Crippen LogP contribution in [0.2, 0.25) is 5.02 Å². The first-order valence-electron chi connectivity index (χ1n) is 9.04. The van der Waals surface area contributed by atoms with Crippen LogP contribution in [0.25, 0.3) is 16.5 Å². The standard InChI is InChI=1S/C23H21ClN2O2S/c1-26(2)23(28)18-5-3-16(4-6-18)15-25-22(27)14-12-20-11-13-21(29-20)17-7-9-19(24)10-8-17/h3-14H,15H2,1-2H3,(H,25,27)/b14-12+. The highest BCUT2D eigenvalue weighted by molar-refractivity contribution is 7.16. The molecular weight excluding hydrogens is 404 g/mol. The number of nitrogens with one attached hydrogen (secondary N) is 1. The first-order chi connectivity index (χ1) is 13.9. The van der Waals surface area contributed by atoms with Gasteiger partial charge in [-0.3, -0.25) is 9.59 Å². The molecule has 1 N–H and O–H groups in total. The van der Waals surface area contributed by atoms with Gasteiger partial charge in [0, 0.05) is 47.1 Å². The molecule has 0 aliphatic heterocycles. The normalized spacial score (nSPS) is 10.9. The van der Waals surface area contributed by atoms with Crippen molar-refractivity contribution in [2.45, 2.75) is 6.54 Å². The number of hydrogen-bond donors (Lipinski definition) is 1. The van der Waals surface area contributed by atoms with Gasteiger partial charge in [0.25, 0.3) is 5.91 Å². The first-order valence-corrected chi connectivity index (χ1v) is 10.2. The molecule has 1 heterocycles. The Morgan fingerprint density at radius 2 is 1.69 bits per heavy atom. The highest BCUT2D eigenvalue weighted by Crippen LogP contribution is 2.29. The van der Waals surface area contributed by atoms with E-state index in [1.807, 2.05) is 48.5 Å². The minimum atomic E-state index is -0.167. The zero-order valence-electron chi connectivity index (χ0n) is 16.2. The lowest BCUT2D eigenvalue weighted by atomic mass is 10.1. The zero-order valence-corrected chi connectivity index (χ0v) is 17.8. The van der Waals surface area contributed by atoms with E-state index < -0.39 is 0 Å². The van der Waals surface area contributed by atoms with E-state index >= 15 is 0 Å². The van der Waals surface area contributed by atoms with Crippen LogP contribution >= 0.6 is 22.9 Å². The summed E-state index contributed by atoms with van der Waals surface area (Å²) in [6.07, 6.45) is 3.33. The Kier molecular flexibility index (Phi) is 6.86. The van der Waals surface area contributed by atoms with E-state index in [2.05, 4.69) is 5.32 Å². The molecule has 148 valence electrons. The van der Waals surface area contributed by atoms with Gasteiger partial charge in [-0.05, 0) is 53.6 Å². The Morgan fingerprint density at radius 1 is 1.00 bits per heavy atom. The number of amides is 2. The number of thiophene rings is 1. The fourth-order valence-electron chi connectivity index (χ4n) is 2.64. The molecule has 0 bridgehead atoms. The third kappa shape index (κ3) is 5.79. The second-order valence-corrected chi connectivity index (χ2v) is 8.21. The van der Waals surface area contributed by atoms with Gasteiger partial charge in [0.2, 0.25) is 5.91 Å². The van der Waals surface area contributed by atoms with Crippen LogP contribution in [0.15, 0.2) is 66.7 Å². The summed E-state index contributed by atoms with van der Waals surface area (Å²) >= 11 is 7.54. The molecule has 0 aliphatic rings. The maximum Gasteiger partial charge on any atom is 0.253 e. The average molecular weight is 425 g/mol. The number of carbonyl (C=O) groups excluding carboxylic acids is 2. The summed E-state index contributed by atoms with van der Waals surface area (Å²) in [6, 6.07) is 18.9. The number of carbonyl (C=O) groups is 2. The van der Waals surface area contributed by atoms with Gasteiger partial charge in [0.15, 0.2) is 0 Å². The topological polar surface area (TPSA) is 49.4 Å². The molecule has 0 saturated carbocycles. The molecule has 6 heteroatoms. The summed E-state index contributed by atoms with van der Waals surface area (Å²) in [5, 5.41) is 3.56. The summed E-state index contributed by atoms with van der Waals surface area (Å²) in [5.74, 6) is -0.211. The molecular formula is C23H21ClN2O2S. The molecule has 0 spiro atoms. The van der Waals surface area contributed by atoms with E-state index in [4.69, 9.17) is 11.6 Å². The largest absolute Gasteiger partial charge is 0.348 e. The molecule has 0 radical (unpaired) electrons. The molecule has 4 nitrogen and oxygen atoms in total. The van der Waals surface area contributed by atoms with Crippen LogP contribution in [-0.2, 0) is 11.3 Å². The maximum absolute atomic E-state index is 12.1. The monoisotopic (exact) mass is 424 g/mol. The lowest BCUT2D eigenvalue weighted by Crippen LogP contribution is -2.22. The average Bonchev–Trinajstić information content (AvgIpc) is 3.20. The molecule has 1 aromatic heterocycles. The van der Waals surface area contributed by atoms with Crippen LogP contribution in [0, 0.1) is 0 Å². The van der Waals surface area contributed by atoms with Gasteiger partial charge in [-0.15, -0.1) is 11.3 Å². The molecule has 2 amide bonds. The van der Waals surface area contributed by atoms with Crippen molar-refractivity contribution in [1.82, 2.24) is 10.2 Å². The van der Waals surface area contributed by atoms with E-state index in [0.29, 0.717) is 17.1 Å². The van der Waals surface area contributed by atoms with Gasteiger partial charge in [0.05, 0.1) is 0 Å². The van der Waals surface area contributed by atoms with E-state index in [1.54, 1.807) is 43.6 Å². The molecule has 2 aromatic carbocycles. The van der Waals surface area contributed by atoms with Crippen LogP contribution < -0.4 is 5.32 Å². The number of rotatable bonds is 6. The van der Waals surface area contributed by atoms with Crippen LogP contribution in [0.3, 0.4) is 0 Å². The minimum absolute atomic E-state index is 0.0440. The van der Waals surface area contributed by atoms with Gasteiger partial charge in [-0.2, -0.15) is 0 Å². The quantitative estimate of drug-likeness (QED) is 0.559. The number of hydrogen-bond acceptors (Lipinski definition) is 3. The molecule has 0 saturated heterocycles. The fourth-order valence-corrected chi connectivity index (χ4v) is 3.68. The van der Waals surface area contributed by atoms with Crippen LogP contribution in [0.5, 0.6) is 0 Å². The Labute approximate surface area is 179 Å². The van der Waals surface area contributed by atoms with Crippen molar-refractivity contribution in [2.75, 3.05) is 14.1 Å². The Hall–Kier alpha value is -2.89. The Balaban J connectivity index is 1.54. The van der Waals surface area contributed by atoms with Gasteiger partial charge < -0.3 is 10.2 Å². The van der Waals surface area contributed by atoms with Crippen molar-refractivity contribution in [1.29, 1.82) is 0 Å². The van der Waals surface area contributed by atoms with Crippen molar-refractivity contribution in [3.05, 3.63) is 87.8 Å². The highest BCUT2D eigenvalue weighted by atomic mass is 35.5. The van der Waals surface area contributed by atoms with Crippen molar-refractivity contribution in [3.63, 3.8) is 0 Å². The molecule has 0 atom stereocenters. The zero-order chi connectivity index (χ0) is 20.8. The smallest absolute Gasteiger partial charge is 0.253 e. The molecule has 29 heavy (non-hydrogen) atoms. The van der Waals surface area contributed by atoms with Gasteiger partial charge in [0.1, 0.15) is 0 Å². The number of benzene rings is 2. The summed E-state index contributed by atoms with van der Waals surface area (Å²) < 4.78 is 0. The SMILES string of the molecule is CN(C)C(=O)c1ccc(CNC(=O)/C=C/c2ccc(-c3ccc(Cl)cc3)s2)cc1. The second-order valence-electron chi connectivity index (χ2n) is 6.66. The first kappa shape index (κ1) is 20.8. The lowest BCUT2D eigenvalue weighted by molar-refractivity contribution is -0.116. The molecule has 0 aliphatic carbocycles. The van der Waals surface area contributed by atoms with E-state index in [0.717, 1.165) is 20.9 Å². The number of nitrogens with zero attached hydrogens (tertiary/aromatic N) is 1. The second kappa shape index (κ2) is 9.54. The third-order valence-electron chi connectivity index (χ3n) is 4.23. The predicted molar refractivity (Wildman–Crippen MR) is 120 cm³/mol. The summed E-state index contributed by atoms with van der Waals surface area (Å²) in [4.78, 5) is 27.6. The van der Waals surface area contributed by atoms with Gasteiger partial charge in [-0.25, -0.2) is 0 Å². The molecule has 3 rings (SSSR count). The van der Waals surface area contributed by atoms with Gasteiger partial charge in [-0.1, -0.05) is 35.9 Å². The molecule has 0 fully saturated rings. The summed E-state index contributed by atoms with van der Waals surface area (Å²) in [6.45, 7) is 0.403. The highest BCUT2D eigenvalue weighted by Gasteiger charge is 2.07. The summed E-state index contributed by atoms with van der Waals surface area (Å²) in [5.41, 5.74) is 2.65. The summed E-state index contributed by atoms with van der Waals surface area (Å²) in [7, 11) is 3.43. The lowest BCUT2D eigenvalue weighted by Gasteiger charge is -2.10. The third-order valence-corrected chi connectivity index (χ3v) is 5.58. The van der Waals surface area contributed by atoms with Crippen molar-refractivity contribution in [3.8, 4) is 10.4 Å². The van der Waals surface area contributed by atoms with Crippen molar-refractivity contribution >= 4 is 40.8 Å². The fraction of sp³-hybridized carbons (Fsp3) is 0.130. The van der Waals surface area contributed by atoms with Crippen molar-refractivity contribution < 1.29 is 9.59 Å². The van der Waals surface area contributed by atoms with E-state index in [9.17, 15) is 9.59 Å². The van der Waals surface area contributed by atoms with Crippen LogP contribution in [-0.4, -0.2) is 30.8 Å². The maximum atomic E-state index is 12.1. The molecule has 3 aromatic rings. The van der Waals surface area contributed by atoms with E-state index in [1.165, 1.54) is 11.0 Å². The van der Waals surface area contributed by atoms with Gasteiger partial charge >= 0.3 is 0 Å². The van der Waals surface area contributed by atoms with Crippen LogP contribution in [0.4, 0.5) is 0 Å². The molecule has 0 unspecified atom stereocenters. The minimum Gasteiger partial charge on any atom is -0.348 e. The van der Waals surface area contributed by atoms with Crippen molar-refractivity contribution in [2.24, 2.45) is 0 Å². The Morgan fingerprint density at radius 3 is 2.34 bits per heavy atom. The predicted octanol–water partition coefficient (Wildman–Crippen LogP) is 5.10. The number of halogens is 1. The Bertz CT molecular complexity index is 1020.